The minimum absolute atomic E-state index is 0.436. The number of rotatable bonds is 1. The maximum absolute atomic E-state index is 6.02. The van der Waals surface area contributed by atoms with Crippen LogP contribution >= 0.6 is 11.6 Å². The van der Waals surface area contributed by atoms with Gasteiger partial charge < -0.3 is 0 Å². The van der Waals surface area contributed by atoms with Gasteiger partial charge in [-0.2, -0.15) is 0 Å². The molecule has 1 heterocycles. The number of hydrogen-bond donors (Lipinski definition) is 0. The van der Waals surface area contributed by atoms with Gasteiger partial charge >= 0.3 is 0 Å². The second kappa shape index (κ2) is 4.60. The van der Waals surface area contributed by atoms with Gasteiger partial charge in [0.15, 0.2) is 0 Å². The summed E-state index contributed by atoms with van der Waals surface area (Å²) in [6.45, 7) is 0. The maximum Gasteiger partial charge on any atom is 0.0706 e. The molecule has 0 spiro atoms. The molecule has 1 aliphatic carbocycles. The van der Waals surface area contributed by atoms with E-state index in [0.29, 0.717) is 5.92 Å². The Morgan fingerprint density at radius 1 is 1.00 bits per heavy atom. The molecule has 1 aliphatic rings. The quantitative estimate of drug-likeness (QED) is 0.613. The molecule has 98 valence electrons. The molecule has 0 amide bonds. The molecular weight excluding hydrogens is 266 g/mol. The van der Waals surface area contributed by atoms with Crippen LogP contribution in [0.1, 0.15) is 29.2 Å². The first-order chi connectivity index (χ1) is 9.81. The number of nitrogens with zero attached hydrogens (tertiary/aromatic N) is 1. The molecule has 1 atom stereocenters. The highest BCUT2D eigenvalue weighted by atomic mass is 35.5. The lowest BCUT2D eigenvalue weighted by molar-refractivity contribution is 0.765. The molecule has 3 aromatic rings. The van der Waals surface area contributed by atoms with E-state index in [-0.39, 0.29) is 0 Å². The van der Waals surface area contributed by atoms with Crippen molar-refractivity contribution in [2.24, 2.45) is 0 Å². The van der Waals surface area contributed by atoms with Gasteiger partial charge in [0.1, 0.15) is 0 Å². The van der Waals surface area contributed by atoms with E-state index in [9.17, 15) is 0 Å². The van der Waals surface area contributed by atoms with Crippen molar-refractivity contribution < 1.29 is 0 Å². The molecule has 0 fully saturated rings. The molecule has 0 unspecified atom stereocenters. The first-order valence-electron chi connectivity index (χ1n) is 6.95. The molecule has 0 N–H and O–H groups in total. The lowest BCUT2D eigenvalue weighted by Crippen LogP contribution is -1.99. The van der Waals surface area contributed by atoms with Crippen molar-refractivity contribution in [3.63, 3.8) is 0 Å². The number of hydrogen-bond acceptors (Lipinski definition) is 1. The van der Waals surface area contributed by atoms with Crippen LogP contribution in [0.5, 0.6) is 0 Å². The van der Waals surface area contributed by atoms with Gasteiger partial charge in [-0.15, -0.1) is 0 Å². The summed E-state index contributed by atoms with van der Waals surface area (Å²) in [7, 11) is 0. The average Bonchev–Trinajstić information content (AvgIpc) is 2.91. The third-order valence-electron chi connectivity index (χ3n) is 4.16. The predicted octanol–water partition coefficient (Wildman–Crippen LogP) is 4.97. The first kappa shape index (κ1) is 11.9. The topological polar surface area (TPSA) is 12.9 Å². The standard InChI is InChI=1S/C18H14ClN/c19-14-7-10-17-13(11-14)6-9-18(20-17)16-8-5-12-3-1-2-4-15(12)16/h1-4,6-7,9-11,16H,5,8H2/t16-/m1/s1. The van der Waals surface area contributed by atoms with Crippen LogP contribution in [0.15, 0.2) is 54.6 Å². The van der Waals surface area contributed by atoms with Gasteiger partial charge in [0.25, 0.3) is 0 Å². The van der Waals surface area contributed by atoms with Crippen LogP contribution in [0, 0.1) is 0 Å². The van der Waals surface area contributed by atoms with E-state index in [2.05, 4.69) is 36.4 Å². The fraction of sp³-hybridized carbons (Fsp3) is 0.167. The van der Waals surface area contributed by atoms with Crippen molar-refractivity contribution in [3.8, 4) is 0 Å². The zero-order valence-electron chi connectivity index (χ0n) is 11.0. The molecule has 2 heteroatoms. The summed E-state index contributed by atoms with van der Waals surface area (Å²) in [6.07, 6.45) is 2.31. The molecular formula is C18H14ClN. The molecule has 0 radical (unpaired) electrons. The Hall–Kier alpha value is -1.86. The average molecular weight is 280 g/mol. The third-order valence-corrected chi connectivity index (χ3v) is 4.40. The molecule has 0 aliphatic heterocycles. The Morgan fingerprint density at radius 3 is 2.85 bits per heavy atom. The molecule has 4 rings (SSSR count). The number of halogens is 1. The molecule has 1 nitrogen and oxygen atoms in total. The van der Waals surface area contributed by atoms with E-state index in [1.54, 1.807) is 0 Å². The van der Waals surface area contributed by atoms with Crippen LogP contribution < -0.4 is 0 Å². The summed E-state index contributed by atoms with van der Waals surface area (Å²) in [5, 5.41) is 1.87. The van der Waals surface area contributed by atoms with Crippen LogP contribution in [0.25, 0.3) is 10.9 Å². The first-order valence-corrected chi connectivity index (χ1v) is 7.33. The summed E-state index contributed by atoms with van der Waals surface area (Å²) in [4.78, 5) is 4.84. The van der Waals surface area contributed by atoms with Gasteiger partial charge in [0.2, 0.25) is 0 Å². The number of benzene rings is 2. The lowest BCUT2D eigenvalue weighted by atomic mass is 9.97. The Labute approximate surface area is 123 Å². The van der Waals surface area contributed by atoms with Crippen LogP contribution in [0.3, 0.4) is 0 Å². The van der Waals surface area contributed by atoms with Crippen LogP contribution in [-0.2, 0) is 6.42 Å². The summed E-state index contributed by atoms with van der Waals surface area (Å²) >= 11 is 6.02. The van der Waals surface area contributed by atoms with Crippen LogP contribution in [0.4, 0.5) is 0 Å². The van der Waals surface area contributed by atoms with Gasteiger partial charge in [0.05, 0.1) is 5.52 Å². The number of aromatic nitrogens is 1. The van der Waals surface area contributed by atoms with E-state index in [1.807, 2.05) is 18.2 Å². The van der Waals surface area contributed by atoms with Gasteiger partial charge in [0, 0.05) is 22.0 Å². The summed E-state index contributed by atoms with van der Waals surface area (Å²) in [5.41, 5.74) is 5.10. The highest BCUT2D eigenvalue weighted by Gasteiger charge is 2.24. The number of fused-ring (bicyclic) bond motifs is 2. The summed E-state index contributed by atoms with van der Waals surface area (Å²) in [6, 6.07) is 18.9. The smallest absolute Gasteiger partial charge is 0.0706 e. The Balaban J connectivity index is 1.82. The van der Waals surface area contributed by atoms with E-state index in [4.69, 9.17) is 16.6 Å². The monoisotopic (exact) mass is 279 g/mol. The zero-order valence-corrected chi connectivity index (χ0v) is 11.8. The minimum Gasteiger partial charge on any atom is -0.252 e. The van der Waals surface area contributed by atoms with Gasteiger partial charge in [-0.05, 0) is 48.2 Å². The Kier molecular flexibility index (Phi) is 2.75. The molecule has 0 bridgehead atoms. The van der Waals surface area contributed by atoms with Crippen molar-refractivity contribution in [2.45, 2.75) is 18.8 Å². The molecule has 2 aromatic carbocycles. The van der Waals surface area contributed by atoms with Crippen molar-refractivity contribution in [3.05, 3.63) is 76.4 Å². The Bertz CT molecular complexity index is 794. The minimum atomic E-state index is 0.436. The van der Waals surface area contributed by atoms with E-state index < -0.39 is 0 Å². The van der Waals surface area contributed by atoms with E-state index >= 15 is 0 Å². The van der Waals surface area contributed by atoms with Crippen molar-refractivity contribution in [2.75, 3.05) is 0 Å². The fourth-order valence-corrected chi connectivity index (χ4v) is 3.35. The predicted molar refractivity (Wildman–Crippen MR) is 83.4 cm³/mol. The highest BCUT2D eigenvalue weighted by molar-refractivity contribution is 6.31. The normalized spacial score (nSPS) is 17.4. The molecule has 0 saturated heterocycles. The molecule has 0 saturated carbocycles. The fourth-order valence-electron chi connectivity index (χ4n) is 3.17. The van der Waals surface area contributed by atoms with Gasteiger partial charge in [-0.25, -0.2) is 0 Å². The highest BCUT2D eigenvalue weighted by Crippen LogP contribution is 2.37. The number of pyridine rings is 1. The second-order valence-corrected chi connectivity index (χ2v) is 5.80. The molecule has 1 aromatic heterocycles. The SMILES string of the molecule is Clc1ccc2nc([C@@H]3CCc4ccccc43)ccc2c1. The summed E-state index contributed by atoms with van der Waals surface area (Å²) < 4.78 is 0. The van der Waals surface area contributed by atoms with E-state index in [0.717, 1.165) is 28.8 Å². The van der Waals surface area contributed by atoms with Crippen molar-refractivity contribution >= 4 is 22.5 Å². The zero-order chi connectivity index (χ0) is 13.5. The largest absolute Gasteiger partial charge is 0.252 e. The second-order valence-electron chi connectivity index (χ2n) is 5.36. The van der Waals surface area contributed by atoms with Crippen molar-refractivity contribution in [1.29, 1.82) is 0 Å². The summed E-state index contributed by atoms with van der Waals surface area (Å²) in [5.74, 6) is 0.436. The van der Waals surface area contributed by atoms with Crippen LogP contribution in [-0.4, -0.2) is 4.98 Å². The van der Waals surface area contributed by atoms with Crippen LogP contribution in [0.2, 0.25) is 5.02 Å². The molecule has 20 heavy (non-hydrogen) atoms. The van der Waals surface area contributed by atoms with Gasteiger partial charge in [-0.3, -0.25) is 4.98 Å². The lowest BCUT2D eigenvalue weighted by Gasteiger charge is -2.12. The number of aryl methyl sites for hydroxylation is 1. The van der Waals surface area contributed by atoms with Gasteiger partial charge in [-0.1, -0.05) is 41.9 Å². The van der Waals surface area contributed by atoms with E-state index in [1.165, 1.54) is 16.8 Å². The Morgan fingerprint density at radius 2 is 1.90 bits per heavy atom. The third kappa shape index (κ3) is 1.90. The maximum atomic E-state index is 6.02. The van der Waals surface area contributed by atoms with Crippen molar-refractivity contribution in [1.82, 2.24) is 4.98 Å².